The molecule has 0 atom stereocenters. The van der Waals surface area contributed by atoms with E-state index in [0.29, 0.717) is 6.42 Å². The maximum absolute atomic E-state index is 13.5. The zero-order valence-electron chi connectivity index (χ0n) is 20.5. The summed E-state index contributed by atoms with van der Waals surface area (Å²) >= 11 is 0. The Balaban J connectivity index is 1.48. The molecule has 0 unspecified atom stereocenters. The molecule has 1 aliphatic rings. The fraction of sp³-hybridized carbons (Fsp3) is 0.387. The SMILES string of the molecule is CCc1cc(CCc2ccc(-c3ccc(C(C)(F)F)cc3)cc2)c2c(c1CCC(C)=O)CCC2. The van der Waals surface area contributed by atoms with Crippen molar-refractivity contribution >= 4 is 5.78 Å². The van der Waals surface area contributed by atoms with Crippen LogP contribution in [0.5, 0.6) is 0 Å². The zero-order chi connectivity index (χ0) is 24.3. The quantitative estimate of drug-likeness (QED) is 0.318. The number of rotatable bonds is 9. The van der Waals surface area contributed by atoms with Crippen molar-refractivity contribution in [1.29, 1.82) is 0 Å². The lowest BCUT2D eigenvalue weighted by Crippen LogP contribution is -2.07. The highest BCUT2D eigenvalue weighted by molar-refractivity contribution is 5.76. The van der Waals surface area contributed by atoms with E-state index in [0.717, 1.165) is 56.6 Å². The lowest BCUT2D eigenvalue weighted by atomic mass is 9.87. The van der Waals surface area contributed by atoms with Crippen LogP contribution in [0.4, 0.5) is 8.78 Å². The number of ketones is 1. The van der Waals surface area contributed by atoms with Crippen LogP contribution in [-0.2, 0) is 49.2 Å². The normalized spacial score (nSPS) is 13.2. The van der Waals surface area contributed by atoms with Crippen LogP contribution in [0.3, 0.4) is 0 Å². The summed E-state index contributed by atoms with van der Waals surface area (Å²) in [6.45, 7) is 4.82. The van der Waals surface area contributed by atoms with Gasteiger partial charge in [-0.05, 0) is 96.4 Å². The van der Waals surface area contributed by atoms with Crippen LogP contribution in [-0.4, -0.2) is 5.78 Å². The average molecular weight is 461 g/mol. The Labute approximate surface area is 202 Å². The maximum atomic E-state index is 13.5. The van der Waals surface area contributed by atoms with E-state index in [-0.39, 0.29) is 11.3 Å². The van der Waals surface area contributed by atoms with Gasteiger partial charge in [0, 0.05) is 18.9 Å². The van der Waals surface area contributed by atoms with Gasteiger partial charge in [0.05, 0.1) is 0 Å². The Bertz CT molecular complexity index is 1150. The molecule has 34 heavy (non-hydrogen) atoms. The number of halogens is 2. The number of hydrogen-bond donors (Lipinski definition) is 0. The number of hydrogen-bond acceptors (Lipinski definition) is 1. The number of aryl methyl sites for hydroxylation is 3. The van der Waals surface area contributed by atoms with Gasteiger partial charge < -0.3 is 4.79 Å². The molecule has 0 N–H and O–H groups in total. The summed E-state index contributed by atoms with van der Waals surface area (Å²) in [6.07, 6.45) is 8.00. The van der Waals surface area contributed by atoms with Crippen LogP contribution >= 0.6 is 0 Å². The molecule has 0 radical (unpaired) electrons. The van der Waals surface area contributed by atoms with E-state index < -0.39 is 5.92 Å². The van der Waals surface area contributed by atoms with E-state index in [1.165, 1.54) is 51.9 Å². The van der Waals surface area contributed by atoms with Crippen LogP contribution in [0.15, 0.2) is 54.6 Å². The average Bonchev–Trinajstić information content (AvgIpc) is 3.31. The summed E-state index contributed by atoms with van der Waals surface area (Å²) in [5.41, 5.74) is 10.7. The highest BCUT2D eigenvalue weighted by Gasteiger charge is 2.24. The summed E-state index contributed by atoms with van der Waals surface area (Å²) in [5.74, 6) is -2.55. The maximum Gasteiger partial charge on any atom is 0.270 e. The first-order valence-corrected chi connectivity index (χ1v) is 12.5. The van der Waals surface area contributed by atoms with Gasteiger partial charge in [-0.3, -0.25) is 0 Å². The predicted molar refractivity (Wildman–Crippen MR) is 136 cm³/mol. The molecule has 0 saturated carbocycles. The molecule has 0 aliphatic heterocycles. The van der Waals surface area contributed by atoms with Gasteiger partial charge in [-0.15, -0.1) is 0 Å². The van der Waals surface area contributed by atoms with Crippen LogP contribution in [0.2, 0.25) is 0 Å². The highest BCUT2D eigenvalue weighted by Crippen LogP contribution is 2.34. The number of Topliss-reactive ketones (excluding diaryl/α,β-unsaturated/α-hetero) is 1. The Morgan fingerprint density at radius 3 is 2.06 bits per heavy atom. The molecule has 0 saturated heterocycles. The van der Waals surface area contributed by atoms with Crippen molar-refractivity contribution in [2.45, 2.75) is 78.1 Å². The van der Waals surface area contributed by atoms with Gasteiger partial charge in [-0.25, -0.2) is 8.78 Å². The van der Waals surface area contributed by atoms with Crippen LogP contribution in [0.25, 0.3) is 11.1 Å². The van der Waals surface area contributed by atoms with Crippen molar-refractivity contribution in [3.05, 3.63) is 93.5 Å². The molecule has 0 fully saturated rings. The molecule has 0 spiro atoms. The molecule has 4 rings (SSSR count). The Morgan fingerprint density at radius 1 is 0.853 bits per heavy atom. The third-order valence-corrected chi connectivity index (χ3v) is 7.18. The van der Waals surface area contributed by atoms with Crippen molar-refractivity contribution in [2.75, 3.05) is 0 Å². The molecule has 178 valence electrons. The second-order valence-electron chi connectivity index (χ2n) is 9.70. The van der Waals surface area contributed by atoms with E-state index in [2.05, 4.69) is 37.3 Å². The predicted octanol–water partition coefficient (Wildman–Crippen LogP) is 7.82. The Kier molecular flexibility index (Phi) is 7.30. The molecule has 0 bridgehead atoms. The molecular weight excluding hydrogens is 426 g/mol. The van der Waals surface area contributed by atoms with E-state index in [1.807, 2.05) is 0 Å². The summed E-state index contributed by atoms with van der Waals surface area (Å²) in [4.78, 5) is 11.6. The first-order chi connectivity index (χ1) is 16.3. The van der Waals surface area contributed by atoms with Crippen molar-refractivity contribution in [3.63, 3.8) is 0 Å². The van der Waals surface area contributed by atoms with E-state index in [1.54, 1.807) is 19.1 Å². The third kappa shape index (κ3) is 5.46. The van der Waals surface area contributed by atoms with Gasteiger partial charge in [-0.2, -0.15) is 0 Å². The second-order valence-corrected chi connectivity index (χ2v) is 9.70. The molecule has 0 aromatic heterocycles. The third-order valence-electron chi connectivity index (χ3n) is 7.18. The first-order valence-electron chi connectivity index (χ1n) is 12.5. The molecule has 3 aromatic rings. The standard InChI is InChI=1S/C31H34F2O/c1-4-23-20-26(28-6-5-7-30(28)29(23)19-8-21(2)34)14-11-22-9-12-24(13-10-22)25-15-17-27(18-16-25)31(3,32)33/h9-10,12-13,15-18,20H,4-8,11,14,19H2,1-3H3. The van der Waals surface area contributed by atoms with Crippen LogP contribution in [0.1, 0.15) is 72.6 Å². The van der Waals surface area contributed by atoms with E-state index in [9.17, 15) is 13.6 Å². The minimum Gasteiger partial charge on any atom is -0.300 e. The number of carbonyl (C=O) groups excluding carboxylic acids is 1. The summed E-state index contributed by atoms with van der Waals surface area (Å²) in [5, 5.41) is 0. The summed E-state index contributed by atoms with van der Waals surface area (Å²) in [6, 6.07) is 17.4. The Morgan fingerprint density at radius 2 is 1.47 bits per heavy atom. The summed E-state index contributed by atoms with van der Waals surface area (Å²) < 4.78 is 27.0. The Hall–Kier alpha value is -2.81. The minimum atomic E-state index is -2.81. The monoisotopic (exact) mass is 460 g/mol. The lowest BCUT2D eigenvalue weighted by Gasteiger charge is -2.18. The van der Waals surface area contributed by atoms with Crippen molar-refractivity contribution in [3.8, 4) is 11.1 Å². The van der Waals surface area contributed by atoms with E-state index in [4.69, 9.17) is 0 Å². The van der Waals surface area contributed by atoms with Gasteiger partial charge in [0.25, 0.3) is 5.92 Å². The fourth-order valence-electron chi connectivity index (χ4n) is 5.26. The molecule has 0 heterocycles. The molecular formula is C31H34F2O. The highest BCUT2D eigenvalue weighted by atomic mass is 19.3. The number of alkyl halides is 2. The van der Waals surface area contributed by atoms with Gasteiger partial charge in [0.15, 0.2) is 0 Å². The molecule has 0 amide bonds. The molecule has 3 heteroatoms. The second kappa shape index (κ2) is 10.2. The zero-order valence-corrected chi connectivity index (χ0v) is 20.5. The van der Waals surface area contributed by atoms with Gasteiger partial charge >= 0.3 is 0 Å². The first kappa shape index (κ1) is 24.3. The van der Waals surface area contributed by atoms with Crippen LogP contribution in [0, 0.1) is 0 Å². The minimum absolute atomic E-state index is 0.0409. The topological polar surface area (TPSA) is 17.1 Å². The summed E-state index contributed by atoms with van der Waals surface area (Å²) in [7, 11) is 0. The largest absolute Gasteiger partial charge is 0.300 e. The van der Waals surface area contributed by atoms with E-state index >= 15 is 0 Å². The van der Waals surface area contributed by atoms with Crippen molar-refractivity contribution < 1.29 is 13.6 Å². The van der Waals surface area contributed by atoms with Gasteiger partial charge in [0.2, 0.25) is 0 Å². The lowest BCUT2D eigenvalue weighted by molar-refractivity contribution is -0.116. The number of fused-ring (bicyclic) bond motifs is 1. The van der Waals surface area contributed by atoms with Crippen molar-refractivity contribution in [1.82, 2.24) is 0 Å². The smallest absolute Gasteiger partial charge is 0.270 e. The van der Waals surface area contributed by atoms with Crippen molar-refractivity contribution in [2.24, 2.45) is 0 Å². The number of carbonyl (C=O) groups is 1. The van der Waals surface area contributed by atoms with Gasteiger partial charge in [0.1, 0.15) is 5.78 Å². The molecule has 1 nitrogen and oxygen atoms in total. The van der Waals surface area contributed by atoms with Crippen LogP contribution < -0.4 is 0 Å². The molecule has 3 aromatic carbocycles. The fourth-order valence-corrected chi connectivity index (χ4v) is 5.26. The number of benzene rings is 3. The molecule has 1 aliphatic carbocycles. The van der Waals surface area contributed by atoms with Gasteiger partial charge in [-0.1, -0.05) is 61.5 Å².